The van der Waals surface area contributed by atoms with E-state index in [1.807, 2.05) is 0 Å². The van der Waals surface area contributed by atoms with Crippen LogP contribution in [0.5, 0.6) is 0 Å². The van der Waals surface area contributed by atoms with Gasteiger partial charge in [-0.05, 0) is 19.9 Å². The Morgan fingerprint density at radius 3 is 2.79 bits per heavy atom. The summed E-state index contributed by atoms with van der Waals surface area (Å²) in [6.07, 6.45) is -0.711. The van der Waals surface area contributed by atoms with E-state index < -0.39 is 6.10 Å². The van der Waals surface area contributed by atoms with Gasteiger partial charge in [-0.2, -0.15) is 4.98 Å². The molecule has 78 valence electrons. The summed E-state index contributed by atoms with van der Waals surface area (Å²) in [5.74, 6) is 0.111. The zero-order chi connectivity index (χ0) is 10.7. The lowest BCUT2D eigenvalue weighted by atomic mass is 10.3. The molecule has 4 nitrogen and oxygen atoms in total. The molecule has 1 N–H and O–H groups in total. The van der Waals surface area contributed by atoms with Crippen LogP contribution in [0.25, 0.3) is 0 Å². The lowest BCUT2D eigenvalue weighted by Gasteiger charge is -2.12. The molecule has 0 saturated carbocycles. The number of alkyl halides is 1. The van der Waals surface area contributed by atoms with Crippen molar-refractivity contribution >= 4 is 11.6 Å². The van der Waals surface area contributed by atoms with Crippen LogP contribution in [0.3, 0.4) is 0 Å². The molecule has 0 aromatic carbocycles. The third-order valence-corrected chi connectivity index (χ3v) is 2.27. The van der Waals surface area contributed by atoms with Crippen molar-refractivity contribution in [3.8, 4) is 0 Å². The summed E-state index contributed by atoms with van der Waals surface area (Å²) in [4.78, 5) is 15.2. The molecule has 14 heavy (non-hydrogen) atoms. The van der Waals surface area contributed by atoms with Crippen molar-refractivity contribution in [2.75, 3.05) is 5.88 Å². The van der Waals surface area contributed by atoms with Gasteiger partial charge in [0.05, 0.1) is 18.5 Å². The number of hydrogen-bond donors (Lipinski definition) is 1. The predicted octanol–water partition coefficient (Wildman–Crippen LogP) is 0.460. The largest absolute Gasteiger partial charge is 0.390 e. The van der Waals surface area contributed by atoms with Gasteiger partial charge in [0.25, 0.3) is 0 Å². The van der Waals surface area contributed by atoms with Crippen molar-refractivity contribution in [2.45, 2.75) is 26.5 Å². The average molecular weight is 217 g/mol. The Morgan fingerprint density at radius 2 is 2.29 bits per heavy atom. The summed E-state index contributed by atoms with van der Waals surface area (Å²) in [6.45, 7) is 3.76. The van der Waals surface area contributed by atoms with Crippen molar-refractivity contribution in [2.24, 2.45) is 0 Å². The van der Waals surface area contributed by atoms with Gasteiger partial charge in [-0.3, -0.25) is 4.57 Å². The Kier molecular flexibility index (Phi) is 3.66. The summed E-state index contributed by atoms with van der Waals surface area (Å²) < 4.78 is 1.42. The van der Waals surface area contributed by atoms with Gasteiger partial charge in [-0.1, -0.05) is 0 Å². The molecular formula is C9H13ClN2O2. The number of aliphatic hydroxyl groups is 1. The fraction of sp³-hybridized carbons (Fsp3) is 0.556. The third kappa shape index (κ3) is 2.56. The first kappa shape index (κ1) is 11.2. The number of aliphatic hydroxyl groups excluding tert-OH is 1. The summed E-state index contributed by atoms with van der Waals surface area (Å²) in [7, 11) is 0. The highest BCUT2D eigenvalue weighted by atomic mass is 35.5. The van der Waals surface area contributed by atoms with E-state index in [1.54, 1.807) is 19.9 Å². The lowest BCUT2D eigenvalue weighted by Crippen LogP contribution is -2.31. The van der Waals surface area contributed by atoms with Gasteiger partial charge in [0.1, 0.15) is 0 Å². The van der Waals surface area contributed by atoms with E-state index in [-0.39, 0.29) is 18.1 Å². The van der Waals surface area contributed by atoms with E-state index >= 15 is 0 Å². The summed E-state index contributed by atoms with van der Waals surface area (Å²) in [5, 5.41) is 9.31. The molecule has 1 rings (SSSR count). The highest BCUT2D eigenvalue weighted by Crippen LogP contribution is 1.99. The van der Waals surface area contributed by atoms with Gasteiger partial charge in [0.2, 0.25) is 0 Å². The fourth-order valence-corrected chi connectivity index (χ4v) is 1.35. The first-order valence-electron chi connectivity index (χ1n) is 4.33. The van der Waals surface area contributed by atoms with Gasteiger partial charge >= 0.3 is 5.69 Å². The number of rotatable bonds is 3. The topological polar surface area (TPSA) is 55.1 Å². The Bertz CT molecular complexity index is 376. The molecule has 0 aliphatic carbocycles. The average Bonchev–Trinajstić information content (AvgIpc) is 2.10. The van der Waals surface area contributed by atoms with Crippen LogP contribution in [-0.4, -0.2) is 26.6 Å². The van der Waals surface area contributed by atoms with Gasteiger partial charge in [-0.25, -0.2) is 4.79 Å². The molecule has 1 atom stereocenters. The number of aryl methyl sites for hydroxylation is 2. The summed E-state index contributed by atoms with van der Waals surface area (Å²) >= 11 is 5.45. The molecule has 1 aromatic rings. The SMILES string of the molecule is Cc1cc(C)n(CC(O)CCl)c(=O)n1. The molecule has 0 spiro atoms. The highest BCUT2D eigenvalue weighted by molar-refractivity contribution is 6.18. The molecule has 0 saturated heterocycles. The fourth-order valence-electron chi connectivity index (χ4n) is 1.26. The van der Waals surface area contributed by atoms with E-state index in [2.05, 4.69) is 4.98 Å². The maximum atomic E-state index is 11.4. The summed E-state index contributed by atoms with van der Waals surface area (Å²) in [6, 6.07) is 1.79. The standard InChI is InChI=1S/C9H13ClN2O2/c1-6-3-7(2)12(9(14)11-6)5-8(13)4-10/h3,8,13H,4-5H2,1-2H3. The quantitative estimate of drug-likeness (QED) is 0.747. The molecule has 0 aliphatic heterocycles. The second-order valence-corrected chi connectivity index (χ2v) is 3.55. The second-order valence-electron chi connectivity index (χ2n) is 3.24. The Labute approximate surface area is 87.2 Å². The van der Waals surface area contributed by atoms with Crippen LogP contribution in [0.15, 0.2) is 10.9 Å². The van der Waals surface area contributed by atoms with Crippen molar-refractivity contribution < 1.29 is 5.11 Å². The van der Waals surface area contributed by atoms with Crippen molar-refractivity contribution in [1.29, 1.82) is 0 Å². The van der Waals surface area contributed by atoms with Gasteiger partial charge in [0.15, 0.2) is 0 Å². The van der Waals surface area contributed by atoms with Gasteiger partial charge < -0.3 is 5.11 Å². The number of halogens is 1. The molecular weight excluding hydrogens is 204 g/mol. The van der Waals surface area contributed by atoms with Crippen LogP contribution >= 0.6 is 11.6 Å². The third-order valence-electron chi connectivity index (χ3n) is 1.92. The van der Waals surface area contributed by atoms with Gasteiger partial charge in [0, 0.05) is 11.4 Å². The first-order valence-corrected chi connectivity index (χ1v) is 4.87. The minimum absolute atomic E-state index is 0.111. The highest BCUT2D eigenvalue weighted by Gasteiger charge is 2.08. The number of nitrogens with zero attached hydrogens (tertiary/aromatic N) is 2. The zero-order valence-electron chi connectivity index (χ0n) is 8.20. The maximum Gasteiger partial charge on any atom is 0.348 e. The summed E-state index contributed by atoms with van der Waals surface area (Å²) in [5.41, 5.74) is 1.13. The molecule has 0 bridgehead atoms. The molecule has 0 amide bonds. The zero-order valence-corrected chi connectivity index (χ0v) is 8.95. The normalized spacial score (nSPS) is 12.9. The van der Waals surface area contributed by atoms with Crippen LogP contribution in [0.4, 0.5) is 0 Å². The molecule has 1 aromatic heterocycles. The number of aromatic nitrogens is 2. The van der Waals surface area contributed by atoms with E-state index in [1.165, 1.54) is 4.57 Å². The van der Waals surface area contributed by atoms with E-state index in [4.69, 9.17) is 11.6 Å². The van der Waals surface area contributed by atoms with Crippen molar-refractivity contribution in [3.05, 3.63) is 27.9 Å². The van der Waals surface area contributed by atoms with Gasteiger partial charge in [-0.15, -0.1) is 11.6 Å². The van der Waals surface area contributed by atoms with E-state index in [0.29, 0.717) is 5.69 Å². The predicted molar refractivity (Wildman–Crippen MR) is 54.7 cm³/mol. The molecule has 1 heterocycles. The van der Waals surface area contributed by atoms with Crippen LogP contribution < -0.4 is 5.69 Å². The Morgan fingerprint density at radius 1 is 1.64 bits per heavy atom. The smallest absolute Gasteiger partial charge is 0.348 e. The molecule has 1 unspecified atom stereocenters. The lowest BCUT2D eigenvalue weighted by molar-refractivity contribution is 0.173. The molecule has 5 heteroatoms. The molecule has 0 aliphatic rings. The van der Waals surface area contributed by atoms with E-state index in [0.717, 1.165) is 5.69 Å². The van der Waals surface area contributed by atoms with Crippen LogP contribution in [0, 0.1) is 13.8 Å². The second kappa shape index (κ2) is 4.57. The number of hydrogen-bond acceptors (Lipinski definition) is 3. The Hall–Kier alpha value is -0.870. The minimum atomic E-state index is -0.711. The van der Waals surface area contributed by atoms with Crippen molar-refractivity contribution in [1.82, 2.24) is 9.55 Å². The maximum absolute atomic E-state index is 11.4. The van der Waals surface area contributed by atoms with Crippen molar-refractivity contribution in [3.63, 3.8) is 0 Å². The van der Waals surface area contributed by atoms with Crippen LogP contribution in [0.2, 0.25) is 0 Å². The minimum Gasteiger partial charge on any atom is -0.390 e. The molecule has 0 radical (unpaired) electrons. The van der Waals surface area contributed by atoms with Crippen LogP contribution in [0.1, 0.15) is 11.4 Å². The monoisotopic (exact) mass is 216 g/mol. The Balaban J connectivity index is 3.03. The molecule has 0 fully saturated rings. The van der Waals surface area contributed by atoms with E-state index in [9.17, 15) is 9.90 Å². The first-order chi connectivity index (χ1) is 6.54. The van der Waals surface area contributed by atoms with Crippen LogP contribution in [-0.2, 0) is 6.54 Å².